The summed E-state index contributed by atoms with van der Waals surface area (Å²) < 4.78 is 0. The van der Waals surface area contributed by atoms with Crippen LogP contribution in [0.15, 0.2) is 5.29 Å². The second-order valence-electron chi connectivity index (χ2n) is 4.86. The Kier molecular flexibility index (Phi) is 7.95. The molecule has 0 aromatic heterocycles. The van der Waals surface area contributed by atoms with Crippen molar-refractivity contribution >= 4 is 11.8 Å². The van der Waals surface area contributed by atoms with Gasteiger partial charge in [-0.2, -0.15) is 0 Å². The monoisotopic (exact) mass is 308 g/mol. The Labute approximate surface area is 120 Å². The third-order valence-corrected chi connectivity index (χ3v) is 2.86. The summed E-state index contributed by atoms with van der Waals surface area (Å²) in [4.78, 5) is 33.4. The van der Waals surface area contributed by atoms with Crippen molar-refractivity contribution in [3.63, 3.8) is 0 Å². The van der Waals surface area contributed by atoms with Crippen LogP contribution in [0.3, 0.4) is 0 Å². The van der Waals surface area contributed by atoms with E-state index in [-0.39, 0.29) is 0 Å². The van der Waals surface area contributed by atoms with Crippen molar-refractivity contribution in [1.29, 1.82) is 0 Å². The molecule has 0 aromatic carbocycles. The molecule has 0 heterocycles. The number of hydrogen-bond donors (Lipinski definition) is 5. The van der Waals surface area contributed by atoms with Crippen LogP contribution in [0.25, 0.3) is 0 Å². The Morgan fingerprint density at radius 2 is 1.71 bits per heavy atom. The van der Waals surface area contributed by atoms with Crippen molar-refractivity contribution in [2.45, 2.75) is 38.2 Å². The number of hydrogen-bond acceptors (Lipinski definition) is 8. The van der Waals surface area contributed by atoms with Gasteiger partial charge in [-0.3, -0.25) is 4.79 Å². The minimum absolute atomic E-state index is 0.441. The fourth-order valence-corrected chi connectivity index (χ4v) is 1.70. The van der Waals surface area contributed by atoms with Crippen molar-refractivity contribution in [2.75, 3.05) is 13.2 Å². The zero-order valence-corrected chi connectivity index (χ0v) is 11.7. The highest BCUT2D eigenvalue weighted by atomic mass is 16.4. The summed E-state index contributed by atoms with van der Waals surface area (Å²) >= 11 is 0. The van der Waals surface area contributed by atoms with Gasteiger partial charge in [-0.15, -0.1) is 4.91 Å². The van der Waals surface area contributed by atoms with Crippen molar-refractivity contribution in [2.24, 2.45) is 11.2 Å². The average Bonchev–Trinajstić information content (AvgIpc) is 2.42. The Balaban J connectivity index is 4.93. The maximum atomic E-state index is 11.7. The highest BCUT2D eigenvalue weighted by Gasteiger charge is 2.35. The molecule has 5 N–H and O–H groups in total. The molecule has 0 amide bonds. The van der Waals surface area contributed by atoms with Gasteiger partial charge in [0.15, 0.2) is 5.78 Å². The number of carboxylic acids is 1. The van der Waals surface area contributed by atoms with E-state index in [9.17, 15) is 24.7 Å². The van der Waals surface area contributed by atoms with Crippen molar-refractivity contribution in [1.82, 2.24) is 5.01 Å². The molecule has 0 radical (unpaired) electrons. The van der Waals surface area contributed by atoms with Crippen LogP contribution in [-0.4, -0.2) is 79.8 Å². The van der Waals surface area contributed by atoms with E-state index in [1.54, 1.807) is 0 Å². The molecular weight excluding hydrogens is 288 g/mol. The van der Waals surface area contributed by atoms with E-state index in [1.165, 1.54) is 13.8 Å². The summed E-state index contributed by atoms with van der Waals surface area (Å²) in [5.74, 6) is -3.03. The summed E-state index contributed by atoms with van der Waals surface area (Å²) in [6, 6.07) is -1.38. The third-order valence-electron chi connectivity index (χ3n) is 2.86. The van der Waals surface area contributed by atoms with Gasteiger partial charge in [0.25, 0.3) is 0 Å². The molecule has 0 spiro atoms. The molecule has 4 atom stereocenters. The van der Waals surface area contributed by atoms with E-state index >= 15 is 0 Å². The molecule has 10 heteroatoms. The normalized spacial score (nSPS) is 16.9. The van der Waals surface area contributed by atoms with E-state index in [0.29, 0.717) is 5.01 Å². The first kappa shape index (κ1) is 19.4. The number of aliphatic carboxylic acids is 1. The van der Waals surface area contributed by atoms with Gasteiger partial charge in [0, 0.05) is 0 Å². The lowest BCUT2D eigenvalue weighted by Crippen LogP contribution is -2.50. The van der Waals surface area contributed by atoms with Crippen LogP contribution in [0.4, 0.5) is 0 Å². The highest BCUT2D eigenvalue weighted by molar-refractivity contribution is 5.86. The van der Waals surface area contributed by atoms with E-state index in [2.05, 4.69) is 5.29 Å². The molecule has 21 heavy (non-hydrogen) atoms. The number of Topliss-reactive ketones (excluding diaryl/α,β-unsaturated/α-hetero) is 1. The number of nitroso groups, excluding NO2 is 1. The molecule has 10 nitrogen and oxygen atoms in total. The first-order chi connectivity index (χ1) is 9.67. The minimum Gasteiger partial charge on any atom is -0.480 e. The molecule has 0 saturated carbocycles. The summed E-state index contributed by atoms with van der Waals surface area (Å²) in [6.07, 6.45) is -5.79. The summed E-state index contributed by atoms with van der Waals surface area (Å²) in [7, 11) is 0. The zero-order valence-electron chi connectivity index (χ0n) is 11.7. The minimum atomic E-state index is -2.09. The summed E-state index contributed by atoms with van der Waals surface area (Å²) in [5.41, 5.74) is 0. The fraction of sp³-hybridized carbons (Fsp3) is 0.818. The quantitative estimate of drug-likeness (QED) is 0.220. The molecular formula is C11H20N2O8. The van der Waals surface area contributed by atoms with Gasteiger partial charge in [-0.05, 0) is 5.92 Å². The van der Waals surface area contributed by atoms with E-state index < -0.39 is 55.2 Å². The van der Waals surface area contributed by atoms with Crippen LogP contribution >= 0.6 is 0 Å². The number of aliphatic hydroxyl groups excluding tert-OH is 4. The van der Waals surface area contributed by atoms with Gasteiger partial charge in [-0.1, -0.05) is 13.8 Å². The van der Waals surface area contributed by atoms with Gasteiger partial charge in [0.1, 0.15) is 30.9 Å². The van der Waals surface area contributed by atoms with Crippen LogP contribution in [0, 0.1) is 10.8 Å². The highest BCUT2D eigenvalue weighted by Crippen LogP contribution is 2.13. The molecule has 0 aliphatic rings. The van der Waals surface area contributed by atoms with Gasteiger partial charge < -0.3 is 25.5 Å². The summed E-state index contributed by atoms with van der Waals surface area (Å²) in [5, 5.41) is 48.5. The van der Waals surface area contributed by atoms with Crippen molar-refractivity contribution in [3.05, 3.63) is 4.91 Å². The van der Waals surface area contributed by atoms with Gasteiger partial charge in [0.2, 0.25) is 0 Å². The van der Waals surface area contributed by atoms with Crippen molar-refractivity contribution < 1.29 is 35.1 Å². The predicted octanol–water partition coefficient (Wildman–Crippen LogP) is -2.28. The molecule has 0 aliphatic carbocycles. The average molecular weight is 308 g/mol. The maximum Gasteiger partial charge on any atom is 0.328 e. The molecule has 0 saturated heterocycles. The molecule has 0 rings (SSSR count). The number of ketones is 1. The Bertz CT molecular complexity index is 375. The Morgan fingerprint density at radius 1 is 1.19 bits per heavy atom. The van der Waals surface area contributed by atoms with Crippen LogP contribution < -0.4 is 0 Å². The number of carbonyl (C=O) groups excluding carboxylic acids is 1. The maximum absolute atomic E-state index is 11.7. The fourth-order valence-electron chi connectivity index (χ4n) is 1.70. The standard InChI is InChI=1S/C11H20N2O8/c1-5(2)8(11(19)20)13(12-21)3-6(15)9(17)10(18)7(16)4-14/h5,7-10,14,16-18H,3-4H2,1-2H3,(H,19,20)/t7-,8+,9-,10-/m1/s1. The van der Waals surface area contributed by atoms with Crippen molar-refractivity contribution in [3.8, 4) is 0 Å². The molecule has 0 aromatic rings. The number of nitrogens with zero attached hydrogens (tertiary/aromatic N) is 2. The van der Waals surface area contributed by atoms with Crippen LogP contribution in [0.5, 0.6) is 0 Å². The van der Waals surface area contributed by atoms with Crippen LogP contribution in [0.1, 0.15) is 13.8 Å². The molecule has 0 bridgehead atoms. The van der Waals surface area contributed by atoms with Gasteiger partial charge in [0.05, 0.1) is 11.9 Å². The van der Waals surface area contributed by atoms with Gasteiger partial charge >= 0.3 is 5.97 Å². The van der Waals surface area contributed by atoms with Crippen LogP contribution in [0.2, 0.25) is 0 Å². The number of carboxylic acid groups (broad SMARTS) is 1. The number of carbonyl (C=O) groups is 2. The lowest BCUT2D eigenvalue weighted by atomic mass is 10.0. The second-order valence-corrected chi connectivity index (χ2v) is 4.86. The topological polar surface area (TPSA) is 168 Å². The van der Waals surface area contributed by atoms with Gasteiger partial charge in [-0.25, -0.2) is 9.80 Å². The van der Waals surface area contributed by atoms with E-state index in [0.717, 1.165) is 0 Å². The lowest BCUT2D eigenvalue weighted by molar-refractivity contribution is -0.148. The van der Waals surface area contributed by atoms with E-state index in [1.807, 2.05) is 0 Å². The summed E-state index contributed by atoms with van der Waals surface area (Å²) in [6.45, 7) is 1.27. The Hall–Kier alpha value is -1.62. The molecule has 0 fully saturated rings. The first-order valence-electron chi connectivity index (χ1n) is 6.17. The van der Waals surface area contributed by atoms with Crippen LogP contribution in [-0.2, 0) is 9.59 Å². The SMILES string of the molecule is CC(C)[C@@H](C(=O)O)N(CC(=O)[C@@H](O)[C@H](O)[C@H](O)CO)N=O. The smallest absolute Gasteiger partial charge is 0.328 e. The second kappa shape index (κ2) is 8.62. The first-order valence-corrected chi connectivity index (χ1v) is 6.17. The number of aliphatic hydroxyl groups is 4. The molecule has 0 unspecified atom stereocenters. The predicted molar refractivity (Wildman–Crippen MR) is 68.9 cm³/mol. The number of rotatable bonds is 10. The molecule has 0 aliphatic heterocycles. The third kappa shape index (κ3) is 5.34. The lowest BCUT2D eigenvalue weighted by Gasteiger charge is -2.27. The van der Waals surface area contributed by atoms with E-state index in [4.69, 9.17) is 15.3 Å². The zero-order chi connectivity index (χ0) is 16.7. The largest absolute Gasteiger partial charge is 0.480 e. The molecule has 122 valence electrons. The Morgan fingerprint density at radius 3 is 2.05 bits per heavy atom.